The molecule has 1 aliphatic rings. The molecule has 4 N–H and O–H groups in total. The summed E-state index contributed by atoms with van der Waals surface area (Å²) in [4.78, 5) is 17.5. The monoisotopic (exact) mass is 434 g/mol. The Bertz CT molecular complexity index is 1220. The summed E-state index contributed by atoms with van der Waals surface area (Å²) in [6.45, 7) is -0.00742. The zero-order valence-electron chi connectivity index (χ0n) is 17.1. The van der Waals surface area contributed by atoms with E-state index in [1.165, 1.54) is 0 Å². The summed E-state index contributed by atoms with van der Waals surface area (Å²) in [5, 5.41) is 19.8. The van der Waals surface area contributed by atoms with E-state index in [0.29, 0.717) is 17.0 Å². The van der Waals surface area contributed by atoms with Crippen LogP contribution in [0.3, 0.4) is 0 Å². The van der Waals surface area contributed by atoms with E-state index in [4.69, 9.17) is 20.2 Å². The maximum Gasteiger partial charge on any atom is 0.247 e. The van der Waals surface area contributed by atoms with E-state index in [-0.39, 0.29) is 31.5 Å². The number of hydrogen-bond acceptors (Lipinski definition) is 9. The summed E-state index contributed by atoms with van der Waals surface area (Å²) in [6.07, 6.45) is 1.46. The zero-order chi connectivity index (χ0) is 22.1. The standard InChI is InChI=1S/C22H22N6O4/c23-22-26-20-18(21(27-22)31-12-13-4-2-1-3-5-13)25-19(14-6-8-24-9-7-14)28(20)17-10-15(30)16(11-29)32-17/h1-9,15-17,29-30H,10-12H2,(H2,23,26,27)/t15-,16+,17+/m0/s1. The quantitative estimate of drug-likeness (QED) is 0.413. The molecule has 0 bridgehead atoms. The summed E-state index contributed by atoms with van der Waals surface area (Å²) >= 11 is 0. The molecule has 1 saturated heterocycles. The fourth-order valence-electron chi connectivity index (χ4n) is 3.81. The van der Waals surface area contributed by atoms with Crippen LogP contribution in [-0.4, -0.2) is 53.5 Å². The first-order valence-electron chi connectivity index (χ1n) is 10.2. The van der Waals surface area contributed by atoms with Crippen LogP contribution in [-0.2, 0) is 11.3 Å². The molecule has 0 saturated carbocycles. The Hall–Kier alpha value is -3.60. The van der Waals surface area contributed by atoms with Crippen molar-refractivity contribution in [1.29, 1.82) is 0 Å². The van der Waals surface area contributed by atoms with Gasteiger partial charge in [-0.05, 0) is 17.7 Å². The molecule has 4 aromatic rings. The highest BCUT2D eigenvalue weighted by atomic mass is 16.5. The first kappa shape index (κ1) is 20.3. The number of ether oxygens (including phenoxy) is 2. The van der Waals surface area contributed by atoms with Gasteiger partial charge in [0, 0.05) is 24.4 Å². The van der Waals surface area contributed by atoms with E-state index < -0.39 is 18.4 Å². The van der Waals surface area contributed by atoms with Crippen molar-refractivity contribution in [2.45, 2.75) is 31.5 Å². The number of rotatable bonds is 6. The molecular weight excluding hydrogens is 412 g/mol. The smallest absolute Gasteiger partial charge is 0.247 e. The molecule has 4 heterocycles. The van der Waals surface area contributed by atoms with Gasteiger partial charge in [-0.2, -0.15) is 9.97 Å². The number of hydrogen-bond donors (Lipinski definition) is 3. The molecule has 1 aromatic carbocycles. The van der Waals surface area contributed by atoms with E-state index in [2.05, 4.69) is 15.0 Å². The molecule has 32 heavy (non-hydrogen) atoms. The molecule has 5 rings (SSSR count). The highest BCUT2D eigenvalue weighted by molar-refractivity contribution is 5.82. The van der Waals surface area contributed by atoms with E-state index in [1.54, 1.807) is 17.0 Å². The fraction of sp³-hybridized carbons (Fsp3) is 0.273. The molecule has 0 radical (unpaired) electrons. The third kappa shape index (κ3) is 3.75. The van der Waals surface area contributed by atoms with Crippen LogP contribution in [0, 0.1) is 0 Å². The Morgan fingerprint density at radius 3 is 2.59 bits per heavy atom. The van der Waals surface area contributed by atoms with Crippen LogP contribution in [0.4, 0.5) is 5.95 Å². The van der Waals surface area contributed by atoms with Crippen molar-refractivity contribution in [1.82, 2.24) is 24.5 Å². The first-order chi connectivity index (χ1) is 15.6. The first-order valence-corrected chi connectivity index (χ1v) is 10.2. The third-order valence-corrected chi connectivity index (χ3v) is 5.35. The number of nitrogens with two attached hydrogens (primary N) is 1. The van der Waals surface area contributed by atoms with Crippen LogP contribution >= 0.6 is 0 Å². The molecule has 10 nitrogen and oxygen atoms in total. The number of fused-ring (bicyclic) bond motifs is 1. The topological polar surface area (TPSA) is 141 Å². The van der Waals surface area contributed by atoms with Gasteiger partial charge in [0.1, 0.15) is 24.8 Å². The Labute approximate surface area is 183 Å². The molecule has 1 aliphatic heterocycles. The van der Waals surface area contributed by atoms with Crippen molar-refractivity contribution in [2.75, 3.05) is 12.3 Å². The number of aromatic nitrogens is 5. The lowest BCUT2D eigenvalue weighted by molar-refractivity contribution is -0.0426. The molecule has 0 amide bonds. The number of aliphatic hydroxyl groups excluding tert-OH is 2. The van der Waals surface area contributed by atoms with Gasteiger partial charge < -0.3 is 25.4 Å². The Kier molecular flexibility index (Phi) is 5.39. The summed E-state index contributed by atoms with van der Waals surface area (Å²) in [5.41, 5.74) is 8.60. The van der Waals surface area contributed by atoms with Crippen molar-refractivity contribution in [3.63, 3.8) is 0 Å². The molecule has 3 atom stereocenters. The van der Waals surface area contributed by atoms with Crippen molar-refractivity contribution < 1.29 is 19.7 Å². The van der Waals surface area contributed by atoms with Crippen LogP contribution in [0.25, 0.3) is 22.6 Å². The molecule has 164 valence electrons. The minimum absolute atomic E-state index is 0.0280. The SMILES string of the molecule is Nc1nc(OCc2ccccc2)c2nc(-c3ccncc3)n([C@H]3C[C@H](O)[C@@H](CO)O3)c2n1. The minimum Gasteiger partial charge on any atom is -0.471 e. The highest BCUT2D eigenvalue weighted by Gasteiger charge is 2.37. The van der Waals surface area contributed by atoms with Gasteiger partial charge in [0.25, 0.3) is 0 Å². The fourth-order valence-corrected chi connectivity index (χ4v) is 3.81. The maximum atomic E-state index is 10.3. The van der Waals surface area contributed by atoms with Gasteiger partial charge in [0.15, 0.2) is 11.2 Å². The summed E-state index contributed by atoms with van der Waals surface area (Å²) in [6, 6.07) is 13.3. The zero-order valence-corrected chi connectivity index (χ0v) is 17.1. The number of aliphatic hydroxyl groups is 2. The second-order valence-electron chi connectivity index (χ2n) is 7.49. The van der Waals surface area contributed by atoms with E-state index in [1.807, 2.05) is 42.5 Å². The van der Waals surface area contributed by atoms with Crippen LogP contribution in [0.1, 0.15) is 18.2 Å². The van der Waals surface area contributed by atoms with Crippen LogP contribution in [0.15, 0.2) is 54.9 Å². The van der Waals surface area contributed by atoms with Gasteiger partial charge >= 0.3 is 0 Å². The third-order valence-electron chi connectivity index (χ3n) is 5.35. The van der Waals surface area contributed by atoms with Gasteiger partial charge in [0.05, 0.1) is 12.7 Å². The summed E-state index contributed by atoms with van der Waals surface area (Å²) in [5.74, 6) is 0.825. The number of anilines is 1. The Morgan fingerprint density at radius 2 is 1.88 bits per heavy atom. The highest BCUT2D eigenvalue weighted by Crippen LogP contribution is 2.37. The summed E-state index contributed by atoms with van der Waals surface area (Å²) in [7, 11) is 0. The van der Waals surface area contributed by atoms with Crippen LogP contribution in [0.2, 0.25) is 0 Å². The number of nitrogen functional groups attached to an aromatic ring is 1. The number of imidazole rings is 1. The van der Waals surface area contributed by atoms with E-state index >= 15 is 0 Å². The van der Waals surface area contributed by atoms with Crippen molar-refractivity contribution >= 4 is 17.1 Å². The molecule has 0 spiro atoms. The predicted molar refractivity (Wildman–Crippen MR) is 115 cm³/mol. The molecule has 0 unspecified atom stereocenters. The van der Waals surface area contributed by atoms with Crippen LogP contribution in [0.5, 0.6) is 5.88 Å². The number of pyridine rings is 1. The minimum atomic E-state index is -0.819. The molecule has 10 heteroatoms. The van der Waals surface area contributed by atoms with Crippen molar-refractivity contribution in [2.24, 2.45) is 0 Å². The molecule has 3 aromatic heterocycles. The molecule has 1 fully saturated rings. The number of benzene rings is 1. The van der Waals surface area contributed by atoms with Gasteiger partial charge in [-0.15, -0.1) is 0 Å². The molecule has 0 aliphatic carbocycles. The Balaban J connectivity index is 1.62. The van der Waals surface area contributed by atoms with E-state index in [0.717, 1.165) is 11.1 Å². The molecular formula is C22H22N6O4. The lowest BCUT2D eigenvalue weighted by Crippen LogP contribution is -2.24. The number of nitrogens with zero attached hydrogens (tertiary/aromatic N) is 5. The lowest BCUT2D eigenvalue weighted by atomic mass is 10.2. The van der Waals surface area contributed by atoms with Gasteiger partial charge in [-0.25, -0.2) is 4.98 Å². The largest absolute Gasteiger partial charge is 0.471 e. The van der Waals surface area contributed by atoms with Crippen molar-refractivity contribution in [3.8, 4) is 17.3 Å². The van der Waals surface area contributed by atoms with Gasteiger partial charge in [-0.1, -0.05) is 30.3 Å². The van der Waals surface area contributed by atoms with E-state index in [9.17, 15) is 10.2 Å². The average Bonchev–Trinajstić information content (AvgIpc) is 3.38. The lowest BCUT2D eigenvalue weighted by Gasteiger charge is -2.17. The van der Waals surface area contributed by atoms with Crippen LogP contribution < -0.4 is 10.5 Å². The average molecular weight is 434 g/mol. The summed E-state index contributed by atoms with van der Waals surface area (Å²) < 4.78 is 13.6. The Morgan fingerprint density at radius 1 is 1.09 bits per heavy atom. The maximum absolute atomic E-state index is 10.3. The van der Waals surface area contributed by atoms with Crippen molar-refractivity contribution in [3.05, 3.63) is 60.4 Å². The normalized spacial score (nSPS) is 20.6. The second-order valence-corrected chi connectivity index (χ2v) is 7.49. The second kappa shape index (κ2) is 8.50. The van der Waals surface area contributed by atoms with Gasteiger partial charge in [-0.3, -0.25) is 9.55 Å². The predicted octanol–water partition coefficient (Wildman–Crippen LogP) is 1.69. The van der Waals surface area contributed by atoms with Gasteiger partial charge in [0.2, 0.25) is 11.8 Å².